The lowest BCUT2D eigenvalue weighted by Crippen LogP contribution is -2.38. The fourth-order valence-corrected chi connectivity index (χ4v) is 4.65. The van der Waals surface area contributed by atoms with E-state index in [1.54, 1.807) is 22.5 Å². The van der Waals surface area contributed by atoms with E-state index < -0.39 is 15.6 Å². The van der Waals surface area contributed by atoms with Crippen molar-refractivity contribution in [1.82, 2.24) is 9.62 Å². The molecule has 1 N–H and O–H groups in total. The Kier molecular flexibility index (Phi) is 5.03. The molecule has 2 aromatic rings. The second kappa shape index (κ2) is 7.04. The highest BCUT2D eigenvalue weighted by Gasteiger charge is 2.29. The van der Waals surface area contributed by atoms with Crippen molar-refractivity contribution < 1.29 is 12.8 Å². The molecule has 7 heteroatoms. The highest BCUT2D eigenvalue weighted by atomic mass is 32.2. The Hall–Kier alpha value is -1.70. The van der Waals surface area contributed by atoms with Crippen LogP contribution < -0.4 is 10.9 Å². The summed E-state index contributed by atoms with van der Waals surface area (Å²) in [6.07, 6.45) is 2.87. The first-order valence-electron chi connectivity index (χ1n) is 8.19. The van der Waals surface area contributed by atoms with Crippen LogP contribution in [0.4, 0.5) is 0 Å². The highest BCUT2D eigenvalue weighted by Crippen LogP contribution is 2.26. The normalized spacial score (nSPS) is 17.4. The Labute approximate surface area is 141 Å². The quantitative estimate of drug-likeness (QED) is 0.832. The van der Waals surface area contributed by atoms with Gasteiger partial charge in [0.05, 0.1) is 4.90 Å². The van der Waals surface area contributed by atoms with Gasteiger partial charge in [-0.1, -0.05) is 0 Å². The van der Waals surface area contributed by atoms with Crippen LogP contribution in [0.25, 0.3) is 11.0 Å². The van der Waals surface area contributed by atoms with Crippen LogP contribution in [-0.2, 0) is 10.0 Å². The van der Waals surface area contributed by atoms with Crippen LogP contribution in [0.1, 0.15) is 19.3 Å². The van der Waals surface area contributed by atoms with Gasteiger partial charge in [0.25, 0.3) is 0 Å². The number of sulfonamides is 1. The minimum atomic E-state index is -3.51. The fourth-order valence-electron chi connectivity index (χ4n) is 3.15. The Morgan fingerprint density at radius 1 is 1.21 bits per heavy atom. The lowest BCUT2D eigenvalue weighted by atomic mass is 9.95. The van der Waals surface area contributed by atoms with Crippen molar-refractivity contribution in [1.29, 1.82) is 0 Å². The van der Waals surface area contributed by atoms with Crippen LogP contribution in [-0.4, -0.2) is 39.4 Å². The van der Waals surface area contributed by atoms with Gasteiger partial charge in [-0.15, -0.1) is 0 Å². The summed E-state index contributed by atoms with van der Waals surface area (Å²) in [6, 6.07) is 7.51. The highest BCUT2D eigenvalue weighted by molar-refractivity contribution is 7.89. The zero-order chi connectivity index (χ0) is 17.2. The number of hydrogen-bond acceptors (Lipinski definition) is 5. The monoisotopic (exact) mass is 350 g/mol. The molecule has 0 bridgehead atoms. The molecule has 1 aliphatic rings. The molecule has 1 saturated heterocycles. The van der Waals surface area contributed by atoms with Gasteiger partial charge in [0, 0.05) is 24.5 Å². The zero-order valence-corrected chi connectivity index (χ0v) is 14.5. The lowest BCUT2D eigenvalue weighted by molar-refractivity contribution is 0.263. The maximum absolute atomic E-state index is 12.8. The van der Waals surface area contributed by atoms with Crippen LogP contribution in [0.15, 0.2) is 44.4 Å². The summed E-state index contributed by atoms with van der Waals surface area (Å²) in [7, 11) is -1.58. The summed E-state index contributed by atoms with van der Waals surface area (Å²) < 4.78 is 32.3. The summed E-state index contributed by atoms with van der Waals surface area (Å²) in [5, 5.41) is 3.75. The van der Waals surface area contributed by atoms with Gasteiger partial charge in [0.2, 0.25) is 10.0 Å². The maximum Gasteiger partial charge on any atom is 0.336 e. The smallest absolute Gasteiger partial charge is 0.336 e. The van der Waals surface area contributed by atoms with E-state index in [1.165, 1.54) is 12.1 Å². The predicted octanol–water partition coefficient (Wildman–Crippen LogP) is 1.80. The maximum atomic E-state index is 12.8. The largest absolute Gasteiger partial charge is 0.423 e. The van der Waals surface area contributed by atoms with Gasteiger partial charge in [0.15, 0.2) is 0 Å². The number of hydrogen-bond donors (Lipinski definition) is 1. The second-order valence-corrected chi connectivity index (χ2v) is 8.13. The van der Waals surface area contributed by atoms with E-state index in [0.29, 0.717) is 30.0 Å². The van der Waals surface area contributed by atoms with Crippen LogP contribution in [0.3, 0.4) is 0 Å². The van der Waals surface area contributed by atoms with Crippen molar-refractivity contribution in [3.8, 4) is 0 Å². The Bertz CT molecular complexity index is 868. The Balaban J connectivity index is 1.78. The number of fused-ring (bicyclic) bond motifs is 1. The third-order valence-corrected chi connectivity index (χ3v) is 6.50. The molecule has 0 radical (unpaired) electrons. The molecule has 1 aliphatic heterocycles. The standard InChI is InChI=1S/C17H22N2O4S/c1-18-9-6-13-7-10-19(11-8-13)24(21,22)15-3-4-16-14(12-15)2-5-17(20)23-16/h2-5,12-13,18H,6-11H2,1H3. The summed E-state index contributed by atoms with van der Waals surface area (Å²) >= 11 is 0. The molecule has 0 spiro atoms. The third kappa shape index (κ3) is 3.53. The van der Waals surface area contributed by atoms with E-state index in [9.17, 15) is 13.2 Å². The van der Waals surface area contributed by atoms with Crippen molar-refractivity contribution >= 4 is 21.0 Å². The predicted molar refractivity (Wildman–Crippen MR) is 92.5 cm³/mol. The lowest BCUT2D eigenvalue weighted by Gasteiger charge is -2.31. The third-order valence-electron chi connectivity index (χ3n) is 4.60. The first kappa shape index (κ1) is 17.1. The summed E-state index contributed by atoms with van der Waals surface area (Å²) in [4.78, 5) is 11.5. The number of rotatable bonds is 5. The van der Waals surface area contributed by atoms with E-state index in [-0.39, 0.29) is 4.90 Å². The van der Waals surface area contributed by atoms with Gasteiger partial charge >= 0.3 is 5.63 Å². The van der Waals surface area contributed by atoms with Crippen molar-refractivity contribution in [2.45, 2.75) is 24.2 Å². The molecule has 6 nitrogen and oxygen atoms in total. The van der Waals surface area contributed by atoms with E-state index in [2.05, 4.69) is 5.32 Å². The van der Waals surface area contributed by atoms with E-state index >= 15 is 0 Å². The molecule has 1 aromatic heterocycles. The summed E-state index contributed by atoms with van der Waals surface area (Å²) in [6.45, 7) is 2.07. The molecule has 0 amide bonds. The Morgan fingerprint density at radius 3 is 2.67 bits per heavy atom. The average Bonchev–Trinajstić information content (AvgIpc) is 2.59. The van der Waals surface area contributed by atoms with Gasteiger partial charge in [-0.05, 0) is 63.0 Å². The molecule has 24 heavy (non-hydrogen) atoms. The molecule has 0 aliphatic carbocycles. The molecule has 0 unspecified atom stereocenters. The molecule has 3 rings (SSSR count). The SMILES string of the molecule is CNCCC1CCN(S(=O)(=O)c2ccc3oc(=O)ccc3c2)CC1. The van der Waals surface area contributed by atoms with Crippen LogP contribution in [0.2, 0.25) is 0 Å². The van der Waals surface area contributed by atoms with Gasteiger partial charge in [0.1, 0.15) is 5.58 Å². The molecule has 130 valence electrons. The van der Waals surface area contributed by atoms with Crippen molar-refractivity contribution in [3.05, 3.63) is 40.8 Å². The van der Waals surface area contributed by atoms with E-state index in [4.69, 9.17) is 4.42 Å². The number of nitrogens with one attached hydrogen (secondary N) is 1. The van der Waals surface area contributed by atoms with Gasteiger partial charge < -0.3 is 9.73 Å². The van der Waals surface area contributed by atoms with Gasteiger partial charge in [-0.3, -0.25) is 0 Å². The second-order valence-electron chi connectivity index (χ2n) is 6.19. The van der Waals surface area contributed by atoms with E-state index in [0.717, 1.165) is 25.8 Å². The first-order chi connectivity index (χ1) is 11.5. The molecule has 2 heterocycles. The molecule has 0 saturated carbocycles. The first-order valence-corrected chi connectivity index (χ1v) is 9.63. The molecular formula is C17H22N2O4S. The average molecular weight is 350 g/mol. The summed E-state index contributed by atoms with van der Waals surface area (Å²) in [5.41, 5.74) is -0.0472. The fraction of sp³-hybridized carbons (Fsp3) is 0.471. The van der Waals surface area contributed by atoms with E-state index in [1.807, 2.05) is 7.05 Å². The number of benzene rings is 1. The number of nitrogens with zero attached hydrogens (tertiary/aromatic N) is 1. The molecule has 1 fully saturated rings. The minimum absolute atomic E-state index is 0.248. The molecular weight excluding hydrogens is 328 g/mol. The zero-order valence-electron chi connectivity index (χ0n) is 13.7. The van der Waals surface area contributed by atoms with Crippen molar-refractivity contribution in [2.75, 3.05) is 26.7 Å². The molecule has 0 atom stereocenters. The Morgan fingerprint density at radius 2 is 1.96 bits per heavy atom. The van der Waals surface area contributed by atoms with Crippen molar-refractivity contribution in [2.24, 2.45) is 5.92 Å². The van der Waals surface area contributed by atoms with Crippen LogP contribution in [0.5, 0.6) is 0 Å². The van der Waals surface area contributed by atoms with Crippen LogP contribution in [0, 0.1) is 5.92 Å². The van der Waals surface area contributed by atoms with Crippen molar-refractivity contribution in [3.63, 3.8) is 0 Å². The summed E-state index contributed by atoms with van der Waals surface area (Å²) in [5.74, 6) is 0.578. The molecule has 1 aromatic carbocycles. The van der Waals surface area contributed by atoms with Gasteiger partial charge in [-0.25, -0.2) is 13.2 Å². The topological polar surface area (TPSA) is 79.6 Å². The van der Waals surface area contributed by atoms with Crippen LogP contribution >= 0.6 is 0 Å². The number of piperidine rings is 1. The van der Waals surface area contributed by atoms with Gasteiger partial charge in [-0.2, -0.15) is 4.31 Å². The minimum Gasteiger partial charge on any atom is -0.423 e.